The summed E-state index contributed by atoms with van der Waals surface area (Å²) in [6, 6.07) is 12.1. The number of urea groups is 1. The minimum atomic E-state index is -0.318. The van der Waals surface area contributed by atoms with Gasteiger partial charge in [0.05, 0.1) is 10.7 Å². The topological polar surface area (TPSA) is 41.1 Å². The van der Waals surface area contributed by atoms with Crippen LogP contribution in [0.1, 0.15) is 5.56 Å². The summed E-state index contributed by atoms with van der Waals surface area (Å²) < 4.78 is 0. The van der Waals surface area contributed by atoms with Gasteiger partial charge in [0.2, 0.25) is 0 Å². The van der Waals surface area contributed by atoms with E-state index in [0.717, 1.165) is 5.56 Å². The number of benzene rings is 2. The van der Waals surface area contributed by atoms with Gasteiger partial charge in [-0.3, -0.25) is 0 Å². The molecule has 0 heterocycles. The first-order valence-corrected chi connectivity index (χ1v) is 7.42. The number of amides is 2. The van der Waals surface area contributed by atoms with E-state index < -0.39 is 0 Å². The molecule has 0 atom stereocenters. The van der Waals surface area contributed by atoms with Crippen LogP contribution in [0.25, 0.3) is 0 Å². The predicted octanol–water partition coefficient (Wildman–Crippen LogP) is 5.01. The molecule has 0 aromatic heterocycles. The third-order valence-corrected chi connectivity index (χ3v) is 3.55. The Balaban J connectivity index is 1.82. The second kappa shape index (κ2) is 7.55. The van der Waals surface area contributed by atoms with Crippen LogP contribution in [0.2, 0.25) is 15.1 Å². The zero-order chi connectivity index (χ0) is 15.2. The molecule has 2 rings (SSSR count). The van der Waals surface area contributed by atoms with Gasteiger partial charge in [0.15, 0.2) is 0 Å². The Kier molecular flexibility index (Phi) is 5.74. The normalized spacial score (nSPS) is 10.2. The fourth-order valence-corrected chi connectivity index (χ4v) is 2.44. The first-order valence-electron chi connectivity index (χ1n) is 6.29. The highest BCUT2D eigenvalue weighted by Crippen LogP contribution is 2.25. The van der Waals surface area contributed by atoms with E-state index in [9.17, 15) is 4.79 Å². The molecule has 2 N–H and O–H groups in total. The van der Waals surface area contributed by atoms with Gasteiger partial charge in [0.25, 0.3) is 0 Å². The Bertz CT molecular complexity index is 647. The first-order chi connectivity index (χ1) is 10.0. The van der Waals surface area contributed by atoms with Crippen molar-refractivity contribution >= 4 is 46.5 Å². The van der Waals surface area contributed by atoms with Crippen molar-refractivity contribution in [2.75, 3.05) is 11.9 Å². The molecule has 0 fully saturated rings. The molecule has 0 saturated carbocycles. The van der Waals surface area contributed by atoms with E-state index in [4.69, 9.17) is 34.8 Å². The van der Waals surface area contributed by atoms with Crippen molar-refractivity contribution in [2.24, 2.45) is 0 Å². The van der Waals surface area contributed by atoms with Crippen LogP contribution in [0.3, 0.4) is 0 Å². The molecule has 0 radical (unpaired) electrons. The highest BCUT2D eigenvalue weighted by atomic mass is 35.5. The van der Waals surface area contributed by atoms with Crippen LogP contribution in [-0.4, -0.2) is 12.6 Å². The fourth-order valence-electron chi connectivity index (χ4n) is 1.77. The van der Waals surface area contributed by atoms with Crippen LogP contribution in [0.15, 0.2) is 42.5 Å². The SMILES string of the molecule is O=C(NCCc1cccc(Cl)c1)Nc1ccc(Cl)cc1Cl. The molecule has 2 aromatic carbocycles. The second-order valence-corrected chi connectivity index (χ2v) is 5.67. The minimum absolute atomic E-state index is 0.318. The fraction of sp³-hybridized carbons (Fsp3) is 0.133. The first kappa shape index (κ1) is 16.0. The lowest BCUT2D eigenvalue weighted by molar-refractivity contribution is 0.252. The molecular weight excluding hydrogens is 331 g/mol. The molecular formula is C15H13Cl3N2O. The maximum Gasteiger partial charge on any atom is 0.319 e. The quantitative estimate of drug-likeness (QED) is 0.805. The third-order valence-electron chi connectivity index (χ3n) is 2.77. The summed E-state index contributed by atoms with van der Waals surface area (Å²) in [5, 5.41) is 7.03. The average molecular weight is 344 g/mol. The number of carbonyl (C=O) groups excluding carboxylic acids is 1. The van der Waals surface area contributed by atoms with Crippen molar-refractivity contribution in [1.82, 2.24) is 5.32 Å². The number of rotatable bonds is 4. The van der Waals surface area contributed by atoms with E-state index in [2.05, 4.69) is 10.6 Å². The van der Waals surface area contributed by atoms with Gasteiger partial charge in [-0.1, -0.05) is 46.9 Å². The van der Waals surface area contributed by atoms with Crippen LogP contribution in [0, 0.1) is 0 Å². The number of hydrogen-bond donors (Lipinski definition) is 2. The number of anilines is 1. The van der Waals surface area contributed by atoms with Gasteiger partial charge in [-0.05, 0) is 42.3 Å². The number of hydrogen-bond acceptors (Lipinski definition) is 1. The molecule has 0 saturated heterocycles. The lowest BCUT2D eigenvalue weighted by atomic mass is 10.1. The van der Waals surface area contributed by atoms with E-state index in [1.165, 1.54) is 0 Å². The largest absolute Gasteiger partial charge is 0.338 e. The zero-order valence-corrected chi connectivity index (χ0v) is 13.3. The van der Waals surface area contributed by atoms with Crippen molar-refractivity contribution < 1.29 is 4.79 Å². The smallest absolute Gasteiger partial charge is 0.319 e. The zero-order valence-electron chi connectivity index (χ0n) is 11.0. The molecule has 0 bridgehead atoms. The maximum absolute atomic E-state index is 11.8. The summed E-state index contributed by atoms with van der Waals surface area (Å²) in [5.74, 6) is 0. The molecule has 2 aromatic rings. The van der Waals surface area contributed by atoms with Crippen molar-refractivity contribution in [3.63, 3.8) is 0 Å². The van der Waals surface area contributed by atoms with Gasteiger partial charge < -0.3 is 10.6 Å². The van der Waals surface area contributed by atoms with Crippen LogP contribution in [-0.2, 0) is 6.42 Å². The minimum Gasteiger partial charge on any atom is -0.338 e. The molecule has 0 spiro atoms. The van der Waals surface area contributed by atoms with Crippen molar-refractivity contribution in [3.8, 4) is 0 Å². The molecule has 0 aliphatic heterocycles. The average Bonchev–Trinajstić information content (AvgIpc) is 2.42. The summed E-state index contributed by atoms with van der Waals surface area (Å²) in [4.78, 5) is 11.8. The van der Waals surface area contributed by atoms with Crippen molar-refractivity contribution in [1.29, 1.82) is 0 Å². The predicted molar refractivity (Wildman–Crippen MR) is 88.6 cm³/mol. The van der Waals surface area contributed by atoms with Gasteiger partial charge in [-0.25, -0.2) is 4.79 Å². The number of halogens is 3. The molecule has 3 nitrogen and oxygen atoms in total. The summed E-state index contributed by atoms with van der Waals surface area (Å²) in [6.45, 7) is 0.497. The molecule has 6 heteroatoms. The Hall–Kier alpha value is -1.42. The van der Waals surface area contributed by atoms with Crippen LogP contribution in [0.4, 0.5) is 10.5 Å². The lowest BCUT2D eigenvalue weighted by Crippen LogP contribution is -2.30. The van der Waals surface area contributed by atoms with Gasteiger partial charge >= 0.3 is 6.03 Å². The van der Waals surface area contributed by atoms with E-state index in [0.29, 0.717) is 33.7 Å². The summed E-state index contributed by atoms with van der Waals surface area (Å²) in [5.41, 5.74) is 1.58. The van der Waals surface area contributed by atoms with E-state index in [-0.39, 0.29) is 6.03 Å². The molecule has 0 unspecified atom stereocenters. The van der Waals surface area contributed by atoms with Crippen molar-refractivity contribution in [2.45, 2.75) is 6.42 Å². The third kappa shape index (κ3) is 5.12. The molecule has 2 amide bonds. The summed E-state index contributed by atoms with van der Waals surface area (Å²) >= 11 is 17.7. The van der Waals surface area contributed by atoms with E-state index in [1.807, 2.05) is 24.3 Å². The summed E-state index contributed by atoms with van der Waals surface area (Å²) in [7, 11) is 0. The Morgan fingerprint density at radius 1 is 1.00 bits per heavy atom. The Morgan fingerprint density at radius 2 is 1.76 bits per heavy atom. The van der Waals surface area contributed by atoms with Crippen LogP contribution < -0.4 is 10.6 Å². The van der Waals surface area contributed by atoms with Crippen LogP contribution >= 0.6 is 34.8 Å². The van der Waals surface area contributed by atoms with Gasteiger partial charge in [0.1, 0.15) is 0 Å². The maximum atomic E-state index is 11.8. The number of carbonyl (C=O) groups is 1. The standard InChI is InChI=1S/C15H13Cl3N2O/c16-11-3-1-2-10(8-11)6-7-19-15(21)20-14-5-4-12(17)9-13(14)18/h1-5,8-9H,6-7H2,(H2,19,20,21). The Morgan fingerprint density at radius 3 is 2.48 bits per heavy atom. The molecule has 0 aliphatic carbocycles. The van der Waals surface area contributed by atoms with Gasteiger partial charge in [-0.15, -0.1) is 0 Å². The van der Waals surface area contributed by atoms with E-state index >= 15 is 0 Å². The molecule has 21 heavy (non-hydrogen) atoms. The highest BCUT2D eigenvalue weighted by Gasteiger charge is 2.05. The van der Waals surface area contributed by atoms with Gasteiger partial charge in [-0.2, -0.15) is 0 Å². The van der Waals surface area contributed by atoms with Gasteiger partial charge in [0, 0.05) is 16.6 Å². The summed E-state index contributed by atoms with van der Waals surface area (Å²) in [6.07, 6.45) is 0.697. The monoisotopic (exact) mass is 342 g/mol. The molecule has 0 aliphatic rings. The lowest BCUT2D eigenvalue weighted by Gasteiger charge is -2.09. The van der Waals surface area contributed by atoms with Crippen molar-refractivity contribution in [3.05, 3.63) is 63.1 Å². The Labute approximate surface area is 138 Å². The number of nitrogens with one attached hydrogen (secondary N) is 2. The van der Waals surface area contributed by atoms with E-state index in [1.54, 1.807) is 18.2 Å². The second-order valence-electron chi connectivity index (χ2n) is 4.38. The van der Waals surface area contributed by atoms with Crippen LogP contribution in [0.5, 0.6) is 0 Å². The highest BCUT2D eigenvalue weighted by molar-refractivity contribution is 6.36. The molecule has 110 valence electrons.